The minimum absolute atomic E-state index is 0.0181. The first-order valence-electron chi connectivity index (χ1n) is 5.36. The Morgan fingerprint density at radius 1 is 1.53 bits per heavy atom. The van der Waals surface area contributed by atoms with Crippen LogP contribution < -0.4 is 5.32 Å². The SMILES string of the molecule is OCC1(CNCCc2ccc[nH]2)COC1. The number of hydrogen-bond donors (Lipinski definition) is 3. The van der Waals surface area contributed by atoms with Gasteiger partial charge in [-0.2, -0.15) is 0 Å². The van der Waals surface area contributed by atoms with Crippen molar-refractivity contribution in [2.45, 2.75) is 6.42 Å². The van der Waals surface area contributed by atoms with E-state index in [4.69, 9.17) is 4.74 Å². The molecule has 1 saturated heterocycles. The summed E-state index contributed by atoms with van der Waals surface area (Å²) in [5.41, 5.74) is 1.22. The van der Waals surface area contributed by atoms with Gasteiger partial charge in [0.2, 0.25) is 0 Å². The molecule has 0 radical (unpaired) electrons. The minimum Gasteiger partial charge on any atom is -0.396 e. The predicted octanol–water partition coefficient (Wildman–Crippen LogP) is 0.156. The molecule has 0 aliphatic carbocycles. The van der Waals surface area contributed by atoms with Crippen LogP contribution in [0.1, 0.15) is 5.69 Å². The summed E-state index contributed by atoms with van der Waals surface area (Å²) in [5, 5.41) is 12.6. The van der Waals surface area contributed by atoms with Crippen LogP contribution in [0.2, 0.25) is 0 Å². The Balaban J connectivity index is 1.62. The van der Waals surface area contributed by atoms with E-state index in [1.165, 1.54) is 5.69 Å². The second kappa shape index (κ2) is 4.79. The Kier molecular flexibility index (Phi) is 3.41. The lowest BCUT2D eigenvalue weighted by atomic mass is 9.87. The molecule has 0 spiro atoms. The quantitative estimate of drug-likeness (QED) is 0.586. The van der Waals surface area contributed by atoms with Crippen molar-refractivity contribution in [3.63, 3.8) is 0 Å². The summed E-state index contributed by atoms with van der Waals surface area (Å²) in [4.78, 5) is 3.16. The highest BCUT2D eigenvalue weighted by Crippen LogP contribution is 2.25. The molecule has 1 aromatic heterocycles. The maximum Gasteiger partial charge on any atom is 0.0579 e. The van der Waals surface area contributed by atoms with Crippen LogP contribution in [-0.2, 0) is 11.2 Å². The van der Waals surface area contributed by atoms with Gasteiger partial charge < -0.3 is 20.1 Å². The van der Waals surface area contributed by atoms with E-state index in [-0.39, 0.29) is 12.0 Å². The number of nitrogens with one attached hydrogen (secondary N) is 2. The van der Waals surface area contributed by atoms with Crippen LogP contribution in [0.4, 0.5) is 0 Å². The lowest BCUT2D eigenvalue weighted by Gasteiger charge is -2.40. The van der Waals surface area contributed by atoms with Gasteiger partial charge in [-0.25, -0.2) is 0 Å². The Hall–Kier alpha value is -0.840. The molecule has 0 atom stereocenters. The third-order valence-corrected chi connectivity index (χ3v) is 2.89. The zero-order valence-electron chi connectivity index (χ0n) is 8.83. The third kappa shape index (κ3) is 2.59. The van der Waals surface area contributed by atoms with Crippen LogP contribution in [-0.4, -0.2) is 43.0 Å². The highest BCUT2D eigenvalue weighted by atomic mass is 16.5. The lowest BCUT2D eigenvalue weighted by Crippen LogP contribution is -2.52. The summed E-state index contributed by atoms with van der Waals surface area (Å²) < 4.78 is 5.13. The van der Waals surface area contributed by atoms with Gasteiger partial charge in [-0.3, -0.25) is 0 Å². The Labute approximate surface area is 89.6 Å². The molecule has 1 aliphatic heterocycles. The smallest absolute Gasteiger partial charge is 0.0579 e. The summed E-state index contributed by atoms with van der Waals surface area (Å²) in [6.07, 6.45) is 2.93. The van der Waals surface area contributed by atoms with Gasteiger partial charge in [0.1, 0.15) is 0 Å². The van der Waals surface area contributed by atoms with Crippen LogP contribution in [0.25, 0.3) is 0 Å². The fraction of sp³-hybridized carbons (Fsp3) is 0.636. The number of ether oxygens (including phenoxy) is 1. The molecule has 0 saturated carbocycles. The van der Waals surface area contributed by atoms with Crippen LogP contribution in [0.15, 0.2) is 18.3 Å². The van der Waals surface area contributed by atoms with Crippen molar-refractivity contribution in [3.8, 4) is 0 Å². The van der Waals surface area contributed by atoms with Gasteiger partial charge >= 0.3 is 0 Å². The van der Waals surface area contributed by atoms with E-state index < -0.39 is 0 Å². The van der Waals surface area contributed by atoms with Crippen molar-refractivity contribution in [3.05, 3.63) is 24.0 Å². The van der Waals surface area contributed by atoms with Crippen molar-refractivity contribution in [2.75, 3.05) is 32.9 Å². The van der Waals surface area contributed by atoms with Gasteiger partial charge in [-0.05, 0) is 18.6 Å². The fourth-order valence-electron chi connectivity index (χ4n) is 1.74. The second-order valence-electron chi connectivity index (χ2n) is 4.27. The number of aliphatic hydroxyl groups is 1. The number of aliphatic hydroxyl groups excluding tert-OH is 1. The van der Waals surface area contributed by atoms with Crippen molar-refractivity contribution in [1.82, 2.24) is 10.3 Å². The first kappa shape index (κ1) is 10.7. The molecule has 3 N–H and O–H groups in total. The van der Waals surface area contributed by atoms with E-state index in [2.05, 4.69) is 16.4 Å². The summed E-state index contributed by atoms with van der Waals surface area (Å²) in [5.74, 6) is 0. The minimum atomic E-state index is -0.0181. The zero-order chi connectivity index (χ0) is 10.6. The first-order valence-corrected chi connectivity index (χ1v) is 5.36. The molecule has 0 bridgehead atoms. The lowest BCUT2D eigenvalue weighted by molar-refractivity contribution is -0.134. The Morgan fingerprint density at radius 2 is 2.40 bits per heavy atom. The van der Waals surface area contributed by atoms with Crippen LogP contribution in [0.5, 0.6) is 0 Å². The van der Waals surface area contributed by atoms with Gasteiger partial charge in [0, 0.05) is 25.0 Å². The Morgan fingerprint density at radius 3 is 2.93 bits per heavy atom. The topological polar surface area (TPSA) is 57.3 Å². The maximum absolute atomic E-state index is 9.19. The molecule has 1 aliphatic rings. The van der Waals surface area contributed by atoms with E-state index in [0.29, 0.717) is 13.2 Å². The molecular formula is C11H18N2O2. The molecule has 15 heavy (non-hydrogen) atoms. The van der Waals surface area contributed by atoms with E-state index in [1.54, 1.807) is 0 Å². The summed E-state index contributed by atoms with van der Waals surface area (Å²) in [7, 11) is 0. The van der Waals surface area contributed by atoms with Gasteiger partial charge in [0.25, 0.3) is 0 Å². The molecule has 84 valence electrons. The number of rotatable bonds is 6. The average Bonchev–Trinajstić information content (AvgIpc) is 2.68. The monoisotopic (exact) mass is 210 g/mol. The van der Waals surface area contributed by atoms with E-state index >= 15 is 0 Å². The maximum atomic E-state index is 9.19. The number of aromatic amines is 1. The van der Waals surface area contributed by atoms with Crippen molar-refractivity contribution < 1.29 is 9.84 Å². The zero-order valence-corrected chi connectivity index (χ0v) is 8.83. The van der Waals surface area contributed by atoms with Crippen molar-refractivity contribution >= 4 is 0 Å². The predicted molar refractivity (Wildman–Crippen MR) is 57.7 cm³/mol. The highest BCUT2D eigenvalue weighted by molar-refractivity contribution is 5.03. The number of H-pyrrole nitrogens is 1. The third-order valence-electron chi connectivity index (χ3n) is 2.89. The first-order chi connectivity index (χ1) is 7.35. The molecular weight excluding hydrogens is 192 g/mol. The van der Waals surface area contributed by atoms with Crippen molar-refractivity contribution in [1.29, 1.82) is 0 Å². The number of hydrogen-bond acceptors (Lipinski definition) is 3. The van der Waals surface area contributed by atoms with Gasteiger partial charge in [-0.1, -0.05) is 0 Å². The normalized spacial score (nSPS) is 18.7. The fourth-order valence-corrected chi connectivity index (χ4v) is 1.74. The summed E-state index contributed by atoms with van der Waals surface area (Å²) in [6, 6.07) is 4.08. The molecule has 0 unspecified atom stereocenters. The molecule has 4 heteroatoms. The average molecular weight is 210 g/mol. The van der Waals surface area contributed by atoms with Crippen LogP contribution in [0, 0.1) is 5.41 Å². The standard InChI is InChI=1S/C11H18N2O2/c14-7-11(8-15-9-11)6-12-5-3-10-2-1-4-13-10/h1-2,4,12-14H,3,5-9H2. The molecule has 0 aromatic carbocycles. The van der Waals surface area contributed by atoms with E-state index in [0.717, 1.165) is 19.5 Å². The summed E-state index contributed by atoms with van der Waals surface area (Å²) >= 11 is 0. The van der Waals surface area contributed by atoms with Gasteiger partial charge in [-0.15, -0.1) is 0 Å². The largest absolute Gasteiger partial charge is 0.396 e. The highest BCUT2D eigenvalue weighted by Gasteiger charge is 2.37. The molecule has 1 fully saturated rings. The summed E-state index contributed by atoms with van der Waals surface area (Å²) in [6.45, 7) is 3.34. The van der Waals surface area contributed by atoms with Gasteiger partial charge in [0.15, 0.2) is 0 Å². The molecule has 2 heterocycles. The van der Waals surface area contributed by atoms with Gasteiger partial charge in [0.05, 0.1) is 25.2 Å². The molecule has 1 aromatic rings. The van der Waals surface area contributed by atoms with Crippen LogP contribution in [0.3, 0.4) is 0 Å². The second-order valence-corrected chi connectivity index (χ2v) is 4.27. The van der Waals surface area contributed by atoms with Crippen LogP contribution >= 0.6 is 0 Å². The number of aromatic nitrogens is 1. The van der Waals surface area contributed by atoms with E-state index in [9.17, 15) is 5.11 Å². The molecule has 4 nitrogen and oxygen atoms in total. The van der Waals surface area contributed by atoms with Crippen molar-refractivity contribution in [2.24, 2.45) is 5.41 Å². The Bertz CT molecular complexity index is 275. The van der Waals surface area contributed by atoms with E-state index in [1.807, 2.05) is 12.3 Å². The molecule has 2 rings (SSSR count). The molecule has 0 amide bonds.